The van der Waals surface area contributed by atoms with Crippen molar-refractivity contribution in [2.75, 3.05) is 20.2 Å². The molecule has 1 saturated heterocycles. The molecule has 9 nitrogen and oxygen atoms in total. The van der Waals surface area contributed by atoms with E-state index in [2.05, 4.69) is 21.6 Å². The van der Waals surface area contributed by atoms with Crippen LogP contribution in [0, 0.1) is 12.7 Å². The van der Waals surface area contributed by atoms with Crippen molar-refractivity contribution < 1.29 is 23.4 Å². The Morgan fingerprint density at radius 1 is 1.07 bits per heavy atom. The summed E-state index contributed by atoms with van der Waals surface area (Å²) in [6, 6.07) is 15.9. The molecule has 1 aliphatic rings. The van der Waals surface area contributed by atoms with Gasteiger partial charge in [-0.3, -0.25) is 4.79 Å². The van der Waals surface area contributed by atoms with Crippen molar-refractivity contribution in [3.8, 4) is 28.8 Å². The van der Waals surface area contributed by atoms with Crippen LogP contribution in [-0.4, -0.2) is 56.9 Å². The number of aromatic nitrogens is 4. The van der Waals surface area contributed by atoms with Gasteiger partial charge in [-0.25, -0.2) is 19.0 Å². The van der Waals surface area contributed by atoms with Crippen molar-refractivity contribution in [1.82, 2.24) is 24.6 Å². The molecule has 1 amide bonds. The molecule has 0 atom stereocenters. The number of carbonyl (C=O) groups excluding carboxylic acids is 1. The van der Waals surface area contributed by atoms with Gasteiger partial charge >= 0.3 is 0 Å². The number of piperidine rings is 1. The lowest BCUT2D eigenvalue weighted by molar-refractivity contribution is -0.127. The van der Waals surface area contributed by atoms with E-state index in [9.17, 15) is 4.79 Å². The van der Waals surface area contributed by atoms with Gasteiger partial charge in [-0.1, -0.05) is 30.3 Å². The second kappa shape index (κ2) is 13.6. The van der Waals surface area contributed by atoms with Crippen LogP contribution < -0.4 is 14.2 Å². The number of methoxy groups -OCH3 is 1. The highest BCUT2D eigenvalue weighted by Crippen LogP contribution is 2.35. The summed E-state index contributed by atoms with van der Waals surface area (Å²) in [5.41, 5.74) is 3.78. The molecular formula is C35H33ClFN5O4. The van der Waals surface area contributed by atoms with Gasteiger partial charge in [0.05, 0.1) is 24.0 Å². The first kappa shape index (κ1) is 31.0. The number of aryl methyl sites for hydroxylation is 3. The molecule has 3 aromatic carbocycles. The number of ether oxygens (including phenoxy) is 3. The Bertz CT molecular complexity index is 1900. The van der Waals surface area contributed by atoms with E-state index in [0.717, 1.165) is 22.3 Å². The number of nitrogens with zero attached hydrogens (tertiary/aromatic N) is 5. The molecule has 11 heteroatoms. The molecule has 6 rings (SSSR count). The minimum atomic E-state index is -0.382. The average molecular weight is 642 g/mol. The zero-order valence-electron chi connectivity index (χ0n) is 25.6. The van der Waals surface area contributed by atoms with E-state index in [0.29, 0.717) is 78.0 Å². The Kier molecular flexibility index (Phi) is 9.16. The highest BCUT2D eigenvalue weighted by molar-refractivity contribution is 6.31. The zero-order valence-corrected chi connectivity index (χ0v) is 26.3. The molecule has 2 aromatic heterocycles. The number of amides is 1. The third-order valence-electron chi connectivity index (χ3n) is 8.09. The molecular weight excluding hydrogens is 609 g/mol. The van der Waals surface area contributed by atoms with Crippen molar-refractivity contribution in [3.63, 3.8) is 0 Å². The van der Waals surface area contributed by atoms with Gasteiger partial charge in [0.15, 0.2) is 11.5 Å². The Morgan fingerprint density at radius 3 is 2.63 bits per heavy atom. The first-order valence-electron chi connectivity index (χ1n) is 15.0. The molecule has 46 heavy (non-hydrogen) atoms. The molecule has 0 spiro atoms. The van der Waals surface area contributed by atoms with Crippen LogP contribution in [0.25, 0.3) is 16.6 Å². The lowest BCUT2D eigenvalue weighted by Crippen LogP contribution is -2.41. The highest BCUT2D eigenvalue weighted by atomic mass is 35.5. The molecule has 1 aliphatic heterocycles. The second-order valence-electron chi connectivity index (χ2n) is 11.1. The van der Waals surface area contributed by atoms with Gasteiger partial charge in [-0.05, 0) is 61.2 Å². The number of fused-ring (bicyclic) bond motifs is 1. The maximum Gasteiger partial charge on any atom is 0.245 e. The molecule has 236 valence electrons. The van der Waals surface area contributed by atoms with E-state index in [1.165, 1.54) is 18.5 Å². The van der Waals surface area contributed by atoms with Crippen molar-refractivity contribution in [1.29, 1.82) is 0 Å². The molecule has 0 aliphatic carbocycles. The Balaban J connectivity index is 1.13. The largest absolute Gasteiger partial charge is 0.493 e. The topological polar surface area (TPSA) is 91.6 Å². The monoisotopic (exact) mass is 641 g/mol. The van der Waals surface area contributed by atoms with Crippen LogP contribution in [0.1, 0.15) is 29.7 Å². The fourth-order valence-electron chi connectivity index (χ4n) is 5.47. The van der Waals surface area contributed by atoms with E-state index in [4.69, 9.17) is 25.8 Å². The van der Waals surface area contributed by atoms with E-state index < -0.39 is 0 Å². The minimum absolute atomic E-state index is 0.0705. The second-order valence-corrected chi connectivity index (χ2v) is 11.5. The summed E-state index contributed by atoms with van der Waals surface area (Å²) < 4.78 is 34.7. The van der Waals surface area contributed by atoms with E-state index in [1.54, 1.807) is 41.1 Å². The summed E-state index contributed by atoms with van der Waals surface area (Å²) in [7, 11) is 1.59. The Labute approximate surface area is 271 Å². The number of hydrogen-bond acceptors (Lipinski definition) is 7. The maximum absolute atomic E-state index is 15.2. The van der Waals surface area contributed by atoms with Crippen LogP contribution in [0.2, 0.25) is 5.02 Å². The van der Waals surface area contributed by atoms with Gasteiger partial charge in [0.1, 0.15) is 24.0 Å². The van der Waals surface area contributed by atoms with Gasteiger partial charge in [-0.2, -0.15) is 0 Å². The molecule has 5 aromatic rings. The Hall–Kier alpha value is -4.96. The molecule has 3 heterocycles. The molecule has 0 unspecified atom stereocenters. The first-order chi connectivity index (χ1) is 22.3. The zero-order chi connectivity index (χ0) is 32.2. The van der Waals surface area contributed by atoms with Crippen LogP contribution in [0.15, 0.2) is 79.8 Å². The predicted octanol–water partition coefficient (Wildman–Crippen LogP) is 7.06. The van der Waals surface area contributed by atoms with E-state index in [-0.39, 0.29) is 17.8 Å². The van der Waals surface area contributed by atoms with Crippen LogP contribution >= 0.6 is 11.6 Å². The van der Waals surface area contributed by atoms with E-state index >= 15 is 4.39 Å². The fraction of sp³-hybridized carbons (Fsp3) is 0.257. The summed E-state index contributed by atoms with van der Waals surface area (Å²) in [4.78, 5) is 22.7. The lowest BCUT2D eigenvalue weighted by atomic mass is 10.0. The summed E-state index contributed by atoms with van der Waals surface area (Å²) in [5.74, 6) is 1.37. The molecule has 0 bridgehead atoms. The SMILES string of the molecule is C=CC(=O)N1CCC(Oc2cc3c(CCc4ccc(Oc5ccn(-c6ccc(C)c(Cl)c6)n5)cc4F)ncnc3cc2OC)CC1. The Morgan fingerprint density at radius 2 is 1.89 bits per heavy atom. The van der Waals surface area contributed by atoms with Gasteiger partial charge < -0.3 is 19.1 Å². The smallest absolute Gasteiger partial charge is 0.245 e. The van der Waals surface area contributed by atoms with Crippen molar-refractivity contribution in [2.24, 2.45) is 0 Å². The normalized spacial score (nSPS) is 13.5. The molecule has 0 saturated carbocycles. The number of likely N-dealkylation sites (tertiary alicyclic amines) is 1. The van der Waals surface area contributed by atoms with Crippen molar-refractivity contribution in [3.05, 3.63) is 107 Å². The van der Waals surface area contributed by atoms with Crippen LogP contribution in [0.3, 0.4) is 0 Å². The highest BCUT2D eigenvalue weighted by Gasteiger charge is 2.24. The number of carbonyl (C=O) groups is 1. The van der Waals surface area contributed by atoms with E-state index in [1.807, 2.05) is 37.3 Å². The third kappa shape index (κ3) is 6.82. The summed E-state index contributed by atoms with van der Waals surface area (Å²) >= 11 is 6.25. The molecule has 1 fully saturated rings. The van der Waals surface area contributed by atoms with Gasteiger partial charge in [-0.15, -0.1) is 5.10 Å². The van der Waals surface area contributed by atoms with Gasteiger partial charge in [0.25, 0.3) is 0 Å². The van der Waals surface area contributed by atoms with Crippen LogP contribution in [0.5, 0.6) is 23.1 Å². The fourth-order valence-corrected chi connectivity index (χ4v) is 5.64. The summed E-state index contributed by atoms with van der Waals surface area (Å²) in [6.07, 6.45) is 6.81. The maximum atomic E-state index is 15.2. The van der Waals surface area contributed by atoms with Crippen LogP contribution in [0.4, 0.5) is 4.39 Å². The number of benzene rings is 3. The first-order valence-corrected chi connectivity index (χ1v) is 15.4. The average Bonchev–Trinajstić information content (AvgIpc) is 3.53. The quantitative estimate of drug-likeness (QED) is 0.151. The standard InChI is InChI=1S/C35H33ClFN5O4/c1-4-35(43)41-14-11-25(12-15-41)45-33-19-27-30(38-21-39-31(27)20-32(33)44-3)10-7-23-6-9-26(18-29(23)37)46-34-13-16-42(40-34)24-8-5-22(2)28(36)17-24/h4-6,8-9,13,16-21,25H,1,7,10-12,14-15H2,2-3H3. The predicted molar refractivity (Wildman–Crippen MR) is 174 cm³/mol. The lowest BCUT2D eigenvalue weighted by Gasteiger charge is -2.31. The molecule has 0 N–H and O–H groups in total. The number of halogens is 2. The number of hydrogen-bond donors (Lipinski definition) is 0. The summed E-state index contributed by atoms with van der Waals surface area (Å²) in [6.45, 7) is 6.70. The van der Waals surface area contributed by atoms with Crippen molar-refractivity contribution >= 4 is 28.4 Å². The van der Waals surface area contributed by atoms with Gasteiger partial charge in [0, 0.05) is 60.7 Å². The van der Waals surface area contributed by atoms with Gasteiger partial charge in [0.2, 0.25) is 11.8 Å². The third-order valence-corrected chi connectivity index (χ3v) is 8.50. The minimum Gasteiger partial charge on any atom is -0.493 e. The van der Waals surface area contributed by atoms with Crippen LogP contribution in [-0.2, 0) is 17.6 Å². The molecule has 0 radical (unpaired) electrons. The number of rotatable bonds is 10. The summed E-state index contributed by atoms with van der Waals surface area (Å²) in [5, 5.41) is 5.89. The van der Waals surface area contributed by atoms with Crippen molar-refractivity contribution in [2.45, 2.75) is 38.7 Å².